The van der Waals surface area contributed by atoms with Crippen LogP contribution in [0.2, 0.25) is 0 Å². The highest BCUT2D eigenvalue weighted by Crippen LogP contribution is 2.40. The Morgan fingerprint density at radius 3 is 2.55 bits per heavy atom. The van der Waals surface area contributed by atoms with Crippen molar-refractivity contribution >= 4 is 53.5 Å². The summed E-state index contributed by atoms with van der Waals surface area (Å²) in [5, 5.41) is 1.09. The predicted octanol–water partition coefficient (Wildman–Crippen LogP) is 4.47. The molecule has 0 radical (unpaired) electrons. The minimum absolute atomic E-state index is 0.0344. The van der Waals surface area contributed by atoms with Crippen molar-refractivity contribution in [2.24, 2.45) is 0 Å². The zero-order valence-corrected chi connectivity index (χ0v) is 19.3. The average molecular weight is 497 g/mol. The van der Waals surface area contributed by atoms with E-state index < -0.39 is 0 Å². The number of aromatic nitrogens is 3. The van der Waals surface area contributed by atoms with Gasteiger partial charge in [0.1, 0.15) is 21.7 Å². The van der Waals surface area contributed by atoms with Crippen LogP contribution < -0.4 is 10.5 Å². The fourth-order valence-electron chi connectivity index (χ4n) is 4.72. The highest BCUT2D eigenvalue weighted by molar-refractivity contribution is 9.10. The molecule has 1 aromatic carbocycles. The first-order valence-electron chi connectivity index (χ1n) is 10.6. The fourth-order valence-corrected chi connectivity index (χ4v) is 6.07. The number of hydrogen-bond acceptors (Lipinski definition) is 6. The Balaban J connectivity index is 1.59. The Bertz CT molecular complexity index is 1360. The van der Waals surface area contributed by atoms with Crippen LogP contribution in [-0.2, 0) is 17.6 Å². The van der Waals surface area contributed by atoms with Crippen LogP contribution in [0.1, 0.15) is 24.0 Å². The second-order valence-electron chi connectivity index (χ2n) is 8.06. The lowest BCUT2D eigenvalue weighted by atomic mass is 9.90. The minimum atomic E-state index is -0.0344. The van der Waals surface area contributed by atoms with Gasteiger partial charge in [0.15, 0.2) is 0 Å². The molecule has 0 spiro atoms. The van der Waals surface area contributed by atoms with Crippen molar-refractivity contribution in [2.75, 3.05) is 31.2 Å². The van der Waals surface area contributed by atoms with E-state index in [1.807, 2.05) is 24.3 Å². The third-order valence-corrected chi connectivity index (χ3v) is 7.83. The second kappa shape index (κ2) is 7.69. The Labute approximate surface area is 191 Å². The molecule has 1 aliphatic carbocycles. The molecule has 0 unspecified atom stereocenters. The quantitative estimate of drug-likeness (QED) is 0.409. The van der Waals surface area contributed by atoms with E-state index in [2.05, 4.69) is 20.8 Å². The van der Waals surface area contributed by atoms with Gasteiger partial charge in [0.25, 0.3) is 5.56 Å². The van der Waals surface area contributed by atoms with Crippen LogP contribution in [0.3, 0.4) is 0 Å². The number of rotatable bonds is 2. The smallest absolute Gasteiger partial charge is 0.275 e. The predicted molar refractivity (Wildman–Crippen MR) is 128 cm³/mol. The summed E-state index contributed by atoms with van der Waals surface area (Å²) in [6, 6.07) is 7.71. The molecule has 31 heavy (non-hydrogen) atoms. The van der Waals surface area contributed by atoms with E-state index in [1.165, 1.54) is 35.3 Å². The van der Waals surface area contributed by atoms with E-state index in [0.29, 0.717) is 4.70 Å². The molecular weight excluding hydrogens is 476 g/mol. The molecule has 6 rings (SSSR count). The zero-order valence-electron chi connectivity index (χ0n) is 16.9. The van der Waals surface area contributed by atoms with E-state index in [9.17, 15) is 4.79 Å². The summed E-state index contributed by atoms with van der Waals surface area (Å²) in [5.41, 5.74) is 4.27. The fraction of sp³-hybridized carbons (Fsp3) is 0.348. The Kier molecular flexibility index (Phi) is 4.81. The number of nitrogens with zero attached hydrogens (tertiary/aromatic N) is 4. The number of halogens is 1. The van der Waals surface area contributed by atoms with E-state index in [1.54, 1.807) is 10.9 Å². The van der Waals surface area contributed by atoms with Crippen LogP contribution in [0.4, 0.5) is 5.82 Å². The topological polar surface area (TPSA) is 60.3 Å². The Hall–Kier alpha value is -2.29. The number of benzene rings is 1. The lowest BCUT2D eigenvalue weighted by Gasteiger charge is -2.31. The lowest BCUT2D eigenvalue weighted by molar-refractivity contribution is 0.122. The van der Waals surface area contributed by atoms with Crippen LogP contribution in [0.25, 0.3) is 26.1 Å². The van der Waals surface area contributed by atoms with Crippen molar-refractivity contribution in [3.8, 4) is 5.69 Å². The molecule has 0 bridgehead atoms. The van der Waals surface area contributed by atoms with Gasteiger partial charge in [-0.25, -0.2) is 9.97 Å². The van der Waals surface area contributed by atoms with Crippen molar-refractivity contribution in [3.05, 3.63) is 56.5 Å². The minimum Gasteiger partial charge on any atom is -0.378 e. The highest BCUT2D eigenvalue weighted by Gasteiger charge is 2.26. The summed E-state index contributed by atoms with van der Waals surface area (Å²) in [6.07, 6.45) is 6.07. The summed E-state index contributed by atoms with van der Waals surface area (Å²) in [7, 11) is 0. The monoisotopic (exact) mass is 496 g/mol. The number of anilines is 1. The molecule has 158 valence electrons. The summed E-state index contributed by atoms with van der Waals surface area (Å²) < 4.78 is 8.84. The van der Waals surface area contributed by atoms with E-state index in [0.717, 1.165) is 70.9 Å². The molecular formula is C23H21BrN4O2S. The van der Waals surface area contributed by atoms with Gasteiger partial charge in [-0.3, -0.25) is 9.36 Å². The van der Waals surface area contributed by atoms with E-state index in [4.69, 9.17) is 14.7 Å². The summed E-state index contributed by atoms with van der Waals surface area (Å²) >= 11 is 4.93. The number of ether oxygens (including phenoxy) is 1. The standard InChI is InChI=1S/C23H21BrN4O2S/c24-14-5-7-15(8-6-14)28-13-25-19-18-16-3-1-2-4-17(16)21(27-9-11-30-12-10-27)26-22(18)31-20(19)23(28)29/h5-8,13H,1-4,9-12H2. The van der Waals surface area contributed by atoms with Gasteiger partial charge in [-0.15, -0.1) is 11.3 Å². The maximum Gasteiger partial charge on any atom is 0.275 e. The van der Waals surface area contributed by atoms with Crippen LogP contribution in [-0.4, -0.2) is 40.8 Å². The van der Waals surface area contributed by atoms with Crippen LogP contribution in [0.15, 0.2) is 39.9 Å². The maximum atomic E-state index is 13.4. The SMILES string of the molecule is O=c1c2sc3nc(N4CCOCC4)c4c(c3c2ncn1-c1ccc(Br)cc1)CCCC4. The van der Waals surface area contributed by atoms with Gasteiger partial charge in [-0.2, -0.15) is 0 Å². The second-order valence-corrected chi connectivity index (χ2v) is 9.97. The zero-order chi connectivity index (χ0) is 20.9. The van der Waals surface area contributed by atoms with Gasteiger partial charge in [-0.1, -0.05) is 15.9 Å². The number of aryl methyl sites for hydroxylation is 1. The average Bonchev–Trinajstić information content (AvgIpc) is 3.20. The first-order chi connectivity index (χ1) is 15.2. The van der Waals surface area contributed by atoms with Gasteiger partial charge in [0, 0.05) is 22.9 Å². The molecule has 0 N–H and O–H groups in total. The van der Waals surface area contributed by atoms with Gasteiger partial charge in [-0.05, 0) is 61.1 Å². The van der Waals surface area contributed by atoms with Gasteiger partial charge < -0.3 is 9.64 Å². The summed E-state index contributed by atoms with van der Waals surface area (Å²) in [6.45, 7) is 3.20. The third-order valence-electron chi connectivity index (χ3n) is 6.24. The van der Waals surface area contributed by atoms with Crippen molar-refractivity contribution in [3.63, 3.8) is 0 Å². The molecule has 1 saturated heterocycles. The van der Waals surface area contributed by atoms with Crippen molar-refractivity contribution < 1.29 is 4.74 Å². The molecule has 8 heteroatoms. The van der Waals surface area contributed by atoms with Crippen molar-refractivity contribution in [2.45, 2.75) is 25.7 Å². The molecule has 4 aromatic rings. The largest absolute Gasteiger partial charge is 0.378 e. The molecule has 1 fully saturated rings. The molecule has 4 heterocycles. The summed E-state index contributed by atoms with van der Waals surface area (Å²) in [5.74, 6) is 1.09. The maximum absolute atomic E-state index is 13.4. The van der Waals surface area contributed by atoms with Gasteiger partial charge in [0.2, 0.25) is 0 Å². The molecule has 0 atom stereocenters. The normalized spacial score (nSPS) is 16.7. The van der Waals surface area contributed by atoms with E-state index in [-0.39, 0.29) is 5.56 Å². The Morgan fingerprint density at radius 1 is 1.03 bits per heavy atom. The van der Waals surface area contributed by atoms with Gasteiger partial charge >= 0.3 is 0 Å². The van der Waals surface area contributed by atoms with Crippen LogP contribution in [0, 0.1) is 0 Å². The molecule has 3 aromatic heterocycles. The number of pyridine rings is 1. The van der Waals surface area contributed by atoms with E-state index >= 15 is 0 Å². The highest BCUT2D eigenvalue weighted by atomic mass is 79.9. The van der Waals surface area contributed by atoms with Crippen molar-refractivity contribution in [1.29, 1.82) is 0 Å². The number of thiophene rings is 1. The third kappa shape index (κ3) is 3.20. The number of hydrogen-bond donors (Lipinski definition) is 0. The molecule has 2 aliphatic rings. The summed E-state index contributed by atoms with van der Waals surface area (Å²) in [4.78, 5) is 26.5. The first-order valence-corrected chi connectivity index (χ1v) is 12.3. The Morgan fingerprint density at radius 2 is 1.77 bits per heavy atom. The van der Waals surface area contributed by atoms with Crippen LogP contribution in [0.5, 0.6) is 0 Å². The lowest BCUT2D eigenvalue weighted by Crippen LogP contribution is -2.37. The van der Waals surface area contributed by atoms with Gasteiger partial charge in [0.05, 0.1) is 24.4 Å². The number of morpholine rings is 1. The first kappa shape index (κ1) is 19.4. The number of fused-ring (bicyclic) bond motifs is 5. The van der Waals surface area contributed by atoms with Crippen molar-refractivity contribution in [1.82, 2.24) is 14.5 Å². The van der Waals surface area contributed by atoms with Crippen LogP contribution >= 0.6 is 27.3 Å². The molecule has 1 aliphatic heterocycles. The molecule has 0 saturated carbocycles. The molecule has 0 amide bonds. The molecule has 6 nitrogen and oxygen atoms in total.